The molecule has 1 aliphatic rings. The lowest BCUT2D eigenvalue weighted by atomic mass is 10.1. The van der Waals surface area contributed by atoms with Crippen molar-refractivity contribution in [1.82, 2.24) is 14.7 Å². The van der Waals surface area contributed by atoms with Crippen LogP contribution in [0.2, 0.25) is 0 Å². The minimum absolute atomic E-state index is 0.234. The second-order valence-electron chi connectivity index (χ2n) is 6.50. The van der Waals surface area contributed by atoms with Crippen LogP contribution < -0.4 is 0 Å². The highest BCUT2D eigenvalue weighted by molar-refractivity contribution is 5.75. The quantitative estimate of drug-likeness (QED) is 0.804. The van der Waals surface area contributed by atoms with Crippen LogP contribution in [0.4, 0.5) is 0 Å². The Morgan fingerprint density at radius 2 is 1.82 bits per heavy atom. The summed E-state index contributed by atoms with van der Waals surface area (Å²) >= 11 is 0. The second-order valence-corrected chi connectivity index (χ2v) is 6.50. The number of rotatable bonds is 6. The average Bonchev–Trinajstić information content (AvgIpc) is 2.49. The molecular formula is C18H29N3O. The zero-order chi connectivity index (χ0) is 15.9. The number of carbonyl (C=O) groups is 1. The zero-order valence-electron chi connectivity index (χ0n) is 14.2. The third-order valence-electron chi connectivity index (χ3n) is 4.32. The molecule has 0 spiro atoms. The Kier molecular flexibility index (Phi) is 6.40. The molecule has 2 rings (SSSR count). The Morgan fingerprint density at radius 1 is 1.14 bits per heavy atom. The molecule has 1 aromatic rings. The first-order chi connectivity index (χ1) is 10.5. The van der Waals surface area contributed by atoms with E-state index in [1.54, 1.807) is 4.90 Å². The number of benzene rings is 1. The lowest BCUT2D eigenvalue weighted by molar-refractivity contribution is -0.128. The van der Waals surface area contributed by atoms with Crippen LogP contribution in [0, 0.1) is 6.92 Å². The van der Waals surface area contributed by atoms with E-state index in [2.05, 4.69) is 41.0 Å². The smallest absolute Gasteiger partial charge is 0.222 e. The molecule has 0 radical (unpaired) electrons. The Labute approximate surface area is 134 Å². The average molecular weight is 303 g/mol. The molecule has 0 bridgehead atoms. The summed E-state index contributed by atoms with van der Waals surface area (Å²) in [6.07, 6.45) is 1.63. The lowest BCUT2D eigenvalue weighted by Crippen LogP contribution is -2.46. The fourth-order valence-electron chi connectivity index (χ4n) is 2.92. The largest absolute Gasteiger partial charge is 0.349 e. The summed E-state index contributed by atoms with van der Waals surface area (Å²) in [4.78, 5) is 18.3. The maximum absolute atomic E-state index is 11.6. The number of aryl methyl sites for hydroxylation is 1. The van der Waals surface area contributed by atoms with Crippen molar-refractivity contribution in [3.8, 4) is 0 Å². The standard InChI is InChI=1S/C18H29N3O/c1-16-6-4-7-17(14-16)15-21-12-10-20(11-13-21)9-5-8-18(22)19(2)3/h4,6-7,14H,5,8-13,15H2,1-3H3. The molecule has 1 aromatic carbocycles. The van der Waals surface area contributed by atoms with Crippen molar-refractivity contribution in [3.05, 3.63) is 35.4 Å². The number of amides is 1. The third-order valence-corrected chi connectivity index (χ3v) is 4.32. The molecular weight excluding hydrogens is 274 g/mol. The normalized spacial score (nSPS) is 16.7. The van der Waals surface area contributed by atoms with E-state index in [0.29, 0.717) is 6.42 Å². The highest BCUT2D eigenvalue weighted by atomic mass is 16.2. The molecule has 1 saturated heterocycles. The second kappa shape index (κ2) is 8.30. The van der Waals surface area contributed by atoms with E-state index in [1.165, 1.54) is 11.1 Å². The van der Waals surface area contributed by atoms with E-state index >= 15 is 0 Å². The SMILES string of the molecule is Cc1cccc(CN2CCN(CCCC(=O)N(C)C)CC2)c1. The van der Waals surface area contributed by atoms with Crippen LogP contribution in [-0.4, -0.2) is 67.4 Å². The van der Waals surface area contributed by atoms with Crippen LogP contribution >= 0.6 is 0 Å². The molecule has 4 heteroatoms. The number of piperazine rings is 1. The van der Waals surface area contributed by atoms with Gasteiger partial charge in [0.2, 0.25) is 5.91 Å². The number of hydrogen-bond acceptors (Lipinski definition) is 3. The molecule has 4 nitrogen and oxygen atoms in total. The Balaban J connectivity index is 1.66. The van der Waals surface area contributed by atoms with Crippen molar-refractivity contribution in [2.45, 2.75) is 26.3 Å². The van der Waals surface area contributed by atoms with Gasteiger partial charge >= 0.3 is 0 Å². The molecule has 122 valence electrons. The van der Waals surface area contributed by atoms with Gasteiger partial charge in [0.1, 0.15) is 0 Å². The summed E-state index contributed by atoms with van der Waals surface area (Å²) in [5.41, 5.74) is 2.74. The van der Waals surface area contributed by atoms with Crippen molar-refractivity contribution < 1.29 is 4.79 Å². The first-order valence-electron chi connectivity index (χ1n) is 8.25. The molecule has 1 amide bonds. The molecule has 0 aliphatic carbocycles. The predicted octanol–water partition coefficient (Wildman–Crippen LogP) is 1.98. The van der Waals surface area contributed by atoms with Gasteiger partial charge in [-0.3, -0.25) is 9.69 Å². The van der Waals surface area contributed by atoms with E-state index in [9.17, 15) is 4.79 Å². The monoisotopic (exact) mass is 303 g/mol. The third kappa shape index (κ3) is 5.43. The van der Waals surface area contributed by atoms with Gasteiger partial charge in [0.05, 0.1) is 0 Å². The summed E-state index contributed by atoms with van der Waals surface area (Å²) in [7, 11) is 3.65. The highest BCUT2D eigenvalue weighted by Gasteiger charge is 2.17. The molecule has 0 atom stereocenters. The zero-order valence-corrected chi connectivity index (χ0v) is 14.2. The van der Waals surface area contributed by atoms with Crippen LogP contribution in [0.1, 0.15) is 24.0 Å². The maximum Gasteiger partial charge on any atom is 0.222 e. The fraction of sp³-hybridized carbons (Fsp3) is 0.611. The van der Waals surface area contributed by atoms with Gasteiger partial charge in [0.25, 0.3) is 0 Å². The summed E-state index contributed by atoms with van der Waals surface area (Å²) < 4.78 is 0. The minimum atomic E-state index is 0.234. The predicted molar refractivity (Wildman–Crippen MR) is 90.8 cm³/mol. The maximum atomic E-state index is 11.6. The van der Waals surface area contributed by atoms with Gasteiger partial charge in [-0.2, -0.15) is 0 Å². The van der Waals surface area contributed by atoms with Crippen molar-refractivity contribution >= 4 is 5.91 Å². The fourth-order valence-corrected chi connectivity index (χ4v) is 2.92. The molecule has 0 N–H and O–H groups in total. The summed E-state index contributed by atoms with van der Waals surface area (Å²) in [5, 5.41) is 0. The van der Waals surface area contributed by atoms with E-state index < -0.39 is 0 Å². The van der Waals surface area contributed by atoms with E-state index in [1.807, 2.05) is 14.1 Å². The van der Waals surface area contributed by atoms with Crippen molar-refractivity contribution in [2.75, 3.05) is 46.8 Å². The molecule has 1 fully saturated rings. The molecule has 1 aliphatic heterocycles. The van der Waals surface area contributed by atoms with Crippen molar-refractivity contribution in [2.24, 2.45) is 0 Å². The van der Waals surface area contributed by atoms with Crippen molar-refractivity contribution in [1.29, 1.82) is 0 Å². The summed E-state index contributed by atoms with van der Waals surface area (Å²) in [5.74, 6) is 0.234. The van der Waals surface area contributed by atoms with Gasteiger partial charge < -0.3 is 9.80 Å². The lowest BCUT2D eigenvalue weighted by Gasteiger charge is -2.34. The molecule has 1 heterocycles. The van der Waals surface area contributed by atoms with E-state index in [4.69, 9.17) is 0 Å². The number of carbonyl (C=O) groups excluding carboxylic acids is 1. The highest BCUT2D eigenvalue weighted by Crippen LogP contribution is 2.11. The number of hydrogen-bond donors (Lipinski definition) is 0. The van der Waals surface area contributed by atoms with Gasteiger partial charge in [-0.25, -0.2) is 0 Å². The van der Waals surface area contributed by atoms with E-state index in [0.717, 1.165) is 45.7 Å². The van der Waals surface area contributed by atoms with Gasteiger partial charge in [-0.05, 0) is 25.5 Å². The van der Waals surface area contributed by atoms with Gasteiger partial charge in [-0.1, -0.05) is 29.8 Å². The minimum Gasteiger partial charge on any atom is -0.349 e. The van der Waals surface area contributed by atoms with Gasteiger partial charge in [0, 0.05) is 53.2 Å². The Hall–Kier alpha value is -1.39. The molecule has 22 heavy (non-hydrogen) atoms. The molecule has 0 aromatic heterocycles. The van der Waals surface area contributed by atoms with Gasteiger partial charge in [0.15, 0.2) is 0 Å². The summed E-state index contributed by atoms with van der Waals surface area (Å²) in [6.45, 7) is 8.71. The van der Waals surface area contributed by atoms with Gasteiger partial charge in [-0.15, -0.1) is 0 Å². The first-order valence-corrected chi connectivity index (χ1v) is 8.25. The molecule has 0 saturated carbocycles. The number of nitrogens with zero attached hydrogens (tertiary/aromatic N) is 3. The van der Waals surface area contributed by atoms with E-state index in [-0.39, 0.29) is 5.91 Å². The van der Waals surface area contributed by atoms with Crippen LogP contribution in [0.25, 0.3) is 0 Å². The summed E-state index contributed by atoms with van der Waals surface area (Å²) in [6, 6.07) is 8.78. The molecule has 0 unspecified atom stereocenters. The Bertz CT molecular complexity index is 479. The van der Waals surface area contributed by atoms with Crippen LogP contribution in [0.5, 0.6) is 0 Å². The Morgan fingerprint density at radius 3 is 2.45 bits per heavy atom. The van der Waals surface area contributed by atoms with Crippen molar-refractivity contribution in [3.63, 3.8) is 0 Å². The topological polar surface area (TPSA) is 26.8 Å². The first kappa shape index (κ1) is 17.0. The van der Waals surface area contributed by atoms with Crippen LogP contribution in [-0.2, 0) is 11.3 Å². The van der Waals surface area contributed by atoms with Crippen LogP contribution in [0.3, 0.4) is 0 Å². The van der Waals surface area contributed by atoms with Crippen LogP contribution in [0.15, 0.2) is 24.3 Å².